The number of rotatable bonds is 5. The van der Waals surface area contributed by atoms with Crippen LogP contribution in [0, 0.1) is 0 Å². The van der Waals surface area contributed by atoms with Crippen LogP contribution in [0.15, 0.2) is 47.4 Å². The molecule has 1 aromatic heterocycles. The lowest BCUT2D eigenvalue weighted by molar-refractivity contribution is 0.0746. The van der Waals surface area contributed by atoms with Crippen molar-refractivity contribution in [2.45, 2.75) is 25.2 Å². The second-order valence-corrected chi connectivity index (χ2v) is 10.6. The van der Waals surface area contributed by atoms with Gasteiger partial charge in [0.15, 0.2) is 15.0 Å². The molecule has 0 atom stereocenters. The van der Waals surface area contributed by atoms with Crippen LogP contribution >= 0.6 is 11.3 Å². The van der Waals surface area contributed by atoms with E-state index in [1.54, 1.807) is 30.4 Å². The summed E-state index contributed by atoms with van der Waals surface area (Å²) in [6.45, 7) is 6.45. The number of benzene rings is 2. The molecule has 8 heteroatoms. The first-order chi connectivity index (χ1) is 14.4. The first kappa shape index (κ1) is 20.8. The number of anilines is 1. The van der Waals surface area contributed by atoms with Gasteiger partial charge < -0.3 is 9.80 Å². The number of hydrogen-bond acceptors (Lipinski definition) is 6. The van der Waals surface area contributed by atoms with Gasteiger partial charge in [0, 0.05) is 31.7 Å². The number of fused-ring (bicyclic) bond motifs is 1. The van der Waals surface area contributed by atoms with Crippen LogP contribution in [0.4, 0.5) is 5.13 Å². The van der Waals surface area contributed by atoms with Crippen LogP contribution in [0.3, 0.4) is 0 Å². The van der Waals surface area contributed by atoms with Crippen LogP contribution in [0.25, 0.3) is 10.2 Å². The van der Waals surface area contributed by atoms with Crippen molar-refractivity contribution in [3.05, 3.63) is 53.6 Å². The van der Waals surface area contributed by atoms with Gasteiger partial charge in [-0.2, -0.15) is 0 Å². The predicted molar refractivity (Wildman–Crippen MR) is 121 cm³/mol. The largest absolute Gasteiger partial charge is 0.345 e. The summed E-state index contributed by atoms with van der Waals surface area (Å²) in [5.41, 5.74) is 2.85. The molecule has 4 rings (SSSR count). The Bertz CT molecular complexity index is 1160. The molecule has 1 aliphatic rings. The molecule has 2 heterocycles. The van der Waals surface area contributed by atoms with Gasteiger partial charge in [-0.05, 0) is 48.4 Å². The normalized spacial score (nSPS) is 15.0. The van der Waals surface area contributed by atoms with Crippen LogP contribution in [-0.4, -0.2) is 56.1 Å². The third-order valence-electron chi connectivity index (χ3n) is 5.53. The minimum Gasteiger partial charge on any atom is -0.345 e. The predicted octanol–water partition coefficient (Wildman–Crippen LogP) is 3.61. The summed E-state index contributed by atoms with van der Waals surface area (Å²) in [6, 6.07) is 12.7. The Kier molecular flexibility index (Phi) is 5.79. The first-order valence-electron chi connectivity index (χ1n) is 10.2. The van der Waals surface area contributed by atoms with E-state index in [9.17, 15) is 13.2 Å². The van der Waals surface area contributed by atoms with Crippen molar-refractivity contribution in [3.8, 4) is 0 Å². The Morgan fingerprint density at radius 3 is 2.37 bits per heavy atom. The summed E-state index contributed by atoms with van der Waals surface area (Å²) in [5.74, 6) is -0.0136. The molecule has 1 saturated heterocycles. The van der Waals surface area contributed by atoms with Crippen molar-refractivity contribution in [2.75, 3.05) is 36.8 Å². The van der Waals surface area contributed by atoms with Gasteiger partial charge in [-0.1, -0.05) is 31.3 Å². The van der Waals surface area contributed by atoms with E-state index in [1.807, 2.05) is 4.90 Å². The number of nitrogens with zero attached hydrogens (tertiary/aromatic N) is 3. The van der Waals surface area contributed by atoms with Crippen LogP contribution < -0.4 is 4.90 Å². The molecule has 0 radical (unpaired) electrons. The molecule has 3 aromatic rings. The summed E-state index contributed by atoms with van der Waals surface area (Å²) in [4.78, 5) is 21.9. The first-order valence-corrected chi connectivity index (χ1v) is 12.6. The molecule has 2 aromatic carbocycles. The van der Waals surface area contributed by atoms with Gasteiger partial charge in [0.25, 0.3) is 5.91 Å². The number of hydrogen-bond donors (Lipinski definition) is 0. The molecule has 6 nitrogen and oxygen atoms in total. The minimum absolute atomic E-state index is 0.0494. The lowest BCUT2D eigenvalue weighted by Crippen LogP contribution is -2.48. The molecule has 0 unspecified atom stereocenters. The zero-order valence-electron chi connectivity index (χ0n) is 17.2. The average Bonchev–Trinajstić information content (AvgIpc) is 3.22. The number of piperazine rings is 1. The molecule has 30 heavy (non-hydrogen) atoms. The Labute approximate surface area is 181 Å². The highest BCUT2D eigenvalue weighted by Gasteiger charge is 2.24. The third kappa shape index (κ3) is 4.06. The molecule has 0 bridgehead atoms. The van der Waals surface area contributed by atoms with Gasteiger partial charge in [0.2, 0.25) is 0 Å². The lowest BCUT2D eigenvalue weighted by atomic mass is 10.2. The molecule has 0 spiro atoms. The quantitative estimate of drug-likeness (QED) is 0.602. The van der Waals surface area contributed by atoms with E-state index in [4.69, 9.17) is 4.98 Å². The van der Waals surface area contributed by atoms with Crippen molar-refractivity contribution in [3.63, 3.8) is 0 Å². The number of aryl methyl sites for hydroxylation is 1. The Morgan fingerprint density at radius 2 is 1.73 bits per heavy atom. The summed E-state index contributed by atoms with van der Waals surface area (Å²) in [6.07, 6.45) is 1.01. The van der Waals surface area contributed by atoms with E-state index in [1.165, 1.54) is 22.4 Å². The van der Waals surface area contributed by atoms with Gasteiger partial charge in [-0.15, -0.1) is 0 Å². The van der Waals surface area contributed by atoms with E-state index in [0.717, 1.165) is 30.2 Å². The summed E-state index contributed by atoms with van der Waals surface area (Å²) < 4.78 is 25.1. The van der Waals surface area contributed by atoms with E-state index in [-0.39, 0.29) is 16.6 Å². The summed E-state index contributed by atoms with van der Waals surface area (Å²) in [5, 5.41) is 1.000. The smallest absolute Gasteiger partial charge is 0.253 e. The SMILES string of the molecule is CCc1ccc2nc(N3CCN(C(=O)c4ccc(S(=O)(=O)CC)cc4)CC3)sc2c1. The number of carbonyl (C=O) groups is 1. The van der Waals surface area contributed by atoms with Gasteiger partial charge in [-0.25, -0.2) is 13.4 Å². The lowest BCUT2D eigenvalue weighted by Gasteiger charge is -2.34. The number of aromatic nitrogens is 1. The van der Waals surface area contributed by atoms with Crippen molar-refractivity contribution in [2.24, 2.45) is 0 Å². The Balaban J connectivity index is 1.42. The fourth-order valence-electron chi connectivity index (χ4n) is 3.57. The maximum absolute atomic E-state index is 12.8. The minimum atomic E-state index is -3.26. The molecule has 1 fully saturated rings. The van der Waals surface area contributed by atoms with Crippen molar-refractivity contribution < 1.29 is 13.2 Å². The average molecular weight is 444 g/mol. The molecule has 1 amide bonds. The maximum Gasteiger partial charge on any atom is 0.253 e. The third-order valence-corrected chi connectivity index (χ3v) is 8.36. The second-order valence-electron chi connectivity index (χ2n) is 7.36. The number of thiazole rings is 1. The molecular formula is C22H25N3O3S2. The summed E-state index contributed by atoms with van der Waals surface area (Å²) >= 11 is 1.70. The van der Waals surface area contributed by atoms with Crippen LogP contribution in [-0.2, 0) is 16.3 Å². The molecule has 158 valence electrons. The van der Waals surface area contributed by atoms with E-state index < -0.39 is 9.84 Å². The molecule has 0 aliphatic carbocycles. The van der Waals surface area contributed by atoms with E-state index in [0.29, 0.717) is 18.7 Å². The van der Waals surface area contributed by atoms with Crippen LogP contribution in [0.5, 0.6) is 0 Å². The zero-order chi connectivity index (χ0) is 21.3. The molecule has 1 aliphatic heterocycles. The van der Waals surface area contributed by atoms with Gasteiger partial charge >= 0.3 is 0 Å². The number of amides is 1. The maximum atomic E-state index is 12.8. The van der Waals surface area contributed by atoms with Crippen molar-refractivity contribution >= 4 is 42.4 Å². The van der Waals surface area contributed by atoms with Crippen molar-refractivity contribution in [1.29, 1.82) is 0 Å². The van der Waals surface area contributed by atoms with Gasteiger partial charge in [0.05, 0.1) is 20.9 Å². The van der Waals surface area contributed by atoms with Gasteiger partial charge in [0.1, 0.15) is 0 Å². The van der Waals surface area contributed by atoms with E-state index in [2.05, 4.69) is 30.0 Å². The molecule has 0 N–H and O–H groups in total. The highest BCUT2D eigenvalue weighted by Crippen LogP contribution is 2.30. The fourth-order valence-corrected chi connectivity index (χ4v) is 5.53. The second kappa shape index (κ2) is 8.35. The van der Waals surface area contributed by atoms with Crippen LogP contribution in [0.1, 0.15) is 29.8 Å². The highest BCUT2D eigenvalue weighted by atomic mass is 32.2. The Morgan fingerprint density at radius 1 is 1.03 bits per heavy atom. The summed E-state index contributed by atoms with van der Waals surface area (Å²) in [7, 11) is -3.26. The zero-order valence-corrected chi connectivity index (χ0v) is 18.8. The monoisotopic (exact) mass is 443 g/mol. The van der Waals surface area contributed by atoms with Crippen molar-refractivity contribution in [1.82, 2.24) is 9.88 Å². The number of sulfone groups is 1. The Hall–Kier alpha value is -2.45. The fraction of sp³-hybridized carbons (Fsp3) is 0.364. The number of carbonyl (C=O) groups excluding carboxylic acids is 1. The standard InChI is InChI=1S/C22H25N3O3S2/c1-3-16-5-10-19-20(15-16)29-22(23-19)25-13-11-24(12-14-25)21(26)17-6-8-18(9-7-17)30(27,28)4-2/h5-10,15H,3-4,11-14H2,1-2H3. The molecule has 0 saturated carbocycles. The molecular weight excluding hydrogens is 418 g/mol. The topological polar surface area (TPSA) is 70.6 Å². The highest BCUT2D eigenvalue weighted by molar-refractivity contribution is 7.91. The van der Waals surface area contributed by atoms with Gasteiger partial charge in [-0.3, -0.25) is 4.79 Å². The van der Waals surface area contributed by atoms with E-state index >= 15 is 0 Å². The van der Waals surface area contributed by atoms with Crippen LogP contribution in [0.2, 0.25) is 0 Å².